The first-order chi connectivity index (χ1) is 10.8. The molecule has 0 bridgehead atoms. The molecule has 0 saturated carbocycles. The third-order valence-electron chi connectivity index (χ3n) is 2.75. The number of phosphoric acid groups is 1. The van der Waals surface area contributed by atoms with Crippen LogP contribution in [0.4, 0.5) is 5.82 Å². The van der Waals surface area contributed by atoms with E-state index in [1.165, 1.54) is 0 Å². The van der Waals surface area contributed by atoms with Crippen LogP contribution in [0, 0.1) is 0 Å². The lowest BCUT2D eigenvalue weighted by molar-refractivity contribution is -0.155. The fourth-order valence-corrected chi connectivity index (χ4v) is 2.15. The Morgan fingerprint density at radius 3 is 2.29 bits per heavy atom. The predicted octanol–water partition coefficient (Wildman–Crippen LogP) is -2.31. The van der Waals surface area contributed by atoms with E-state index in [1.807, 2.05) is 4.98 Å². The van der Waals surface area contributed by atoms with E-state index in [2.05, 4.69) is 15.9 Å². The summed E-state index contributed by atoms with van der Waals surface area (Å²) in [5, 5.41) is 18.4. The van der Waals surface area contributed by atoms with E-state index < -0.39 is 43.5 Å². The summed E-state index contributed by atoms with van der Waals surface area (Å²) in [6.45, 7) is 0. The number of halogens is 1. The standard InChI is InChI=1S/C9H10BrN3O6.H3O4P/c10-4-6(11)13(9(18)12-7(4)15)3-1-2(14)5(19-3)8(16)17;1-5(2,3)4/h2-3,5,14H,1,11H2,(H,16,17)(H,12,15,18);(H3,1,2,3,4)/t2-,3+,5-;/m0./s1. The number of rotatable bonds is 2. The largest absolute Gasteiger partial charge is 0.479 e. The number of aliphatic carboxylic acids is 1. The Hall–Kier alpha value is -1.54. The van der Waals surface area contributed by atoms with Gasteiger partial charge in [-0.3, -0.25) is 14.3 Å². The van der Waals surface area contributed by atoms with Gasteiger partial charge in [-0.1, -0.05) is 0 Å². The second-order valence-electron chi connectivity index (χ2n) is 4.49. The highest BCUT2D eigenvalue weighted by Crippen LogP contribution is 2.30. The summed E-state index contributed by atoms with van der Waals surface area (Å²) in [6.07, 6.45) is -3.89. The molecule has 13 nitrogen and oxygen atoms in total. The Labute approximate surface area is 140 Å². The van der Waals surface area contributed by atoms with Crippen molar-refractivity contribution in [1.29, 1.82) is 0 Å². The molecule has 2 heterocycles. The summed E-state index contributed by atoms with van der Waals surface area (Å²) >= 11 is 2.91. The Morgan fingerprint density at radius 2 is 1.88 bits per heavy atom. The molecule has 1 aromatic rings. The number of aliphatic hydroxyl groups is 1. The van der Waals surface area contributed by atoms with Gasteiger partial charge < -0.3 is 35.4 Å². The number of carbonyl (C=O) groups is 1. The monoisotopic (exact) mass is 433 g/mol. The van der Waals surface area contributed by atoms with Crippen LogP contribution in [0.3, 0.4) is 0 Å². The summed E-state index contributed by atoms with van der Waals surface area (Å²) < 4.78 is 14.8. The van der Waals surface area contributed by atoms with Crippen molar-refractivity contribution < 1.29 is 39.0 Å². The maximum Gasteiger partial charge on any atom is 0.466 e. The minimum Gasteiger partial charge on any atom is -0.479 e. The van der Waals surface area contributed by atoms with Crippen LogP contribution in [-0.2, 0) is 14.1 Å². The van der Waals surface area contributed by atoms with E-state index in [0.717, 1.165) is 4.57 Å². The molecule has 136 valence electrons. The number of nitrogens with one attached hydrogen (secondary N) is 1. The van der Waals surface area contributed by atoms with Crippen molar-refractivity contribution in [1.82, 2.24) is 9.55 Å². The average molecular weight is 434 g/mol. The average Bonchev–Trinajstić information content (AvgIpc) is 2.76. The molecule has 0 radical (unpaired) electrons. The first-order valence-corrected chi connectivity index (χ1v) is 8.33. The van der Waals surface area contributed by atoms with Gasteiger partial charge in [0.15, 0.2) is 6.10 Å². The molecule has 0 amide bonds. The van der Waals surface area contributed by atoms with E-state index in [9.17, 15) is 19.5 Å². The molecule has 3 atom stereocenters. The molecule has 0 spiro atoms. The maximum absolute atomic E-state index is 11.7. The molecule has 24 heavy (non-hydrogen) atoms. The number of nitrogens with two attached hydrogens (primary N) is 1. The van der Waals surface area contributed by atoms with Gasteiger partial charge in [0.25, 0.3) is 5.56 Å². The lowest BCUT2D eigenvalue weighted by Gasteiger charge is -2.16. The lowest BCUT2D eigenvalue weighted by atomic mass is 10.2. The molecule has 1 fully saturated rings. The third kappa shape index (κ3) is 5.24. The van der Waals surface area contributed by atoms with Gasteiger partial charge >= 0.3 is 19.5 Å². The van der Waals surface area contributed by atoms with Crippen molar-refractivity contribution in [2.75, 3.05) is 5.73 Å². The van der Waals surface area contributed by atoms with Crippen molar-refractivity contribution in [2.45, 2.75) is 24.9 Å². The number of nitrogens with zero attached hydrogens (tertiary/aromatic N) is 1. The molecular formula is C9H13BrN3O10P. The topological polar surface area (TPSA) is 225 Å². The number of nitrogen functional groups attached to an aromatic ring is 1. The number of carboxylic acids is 1. The first-order valence-electron chi connectivity index (χ1n) is 5.97. The highest BCUT2D eigenvalue weighted by atomic mass is 79.9. The number of anilines is 1. The van der Waals surface area contributed by atoms with Crippen LogP contribution in [-0.4, -0.2) is 52.6 Å². The minimum absolute atomic E-state index is 0.0658. The number of carboxylic acid groups (broad SMARTS) is 1. The van der Waals surface area contributed by atoms with Gasteiger partial charge in [0, 0.05) is 6.42 Å². The summed E-state index contributed by atoms with van der Waals surface area (Å²) in [7, 11) is -4.64. The molecule has 8 N–H and O–H groups in total. The maximum atomic E-state index is 11.7. The number of aromatic nitrogens is 2. The van der Waals surface area contributed by atoms with E-state index in [1.54, 1.807) is 0 Å². The molecule has 1 saturated heterocycles. The van der Waals surface area contributed by atoms with Crippen molar-refractivity contribution in [3.63, 3.8) is 0 Å². The molecule has 15 heteroatoms. The number of hydrogen-bond acceptors (Lipinski definition) is 7. The molecule has 1 aromatic heterocycles. The molecule has 0 aliphatic carbocycles. The van der Waals surface area contributed by atoms with Crippen LogP contribution in [0.25, 0.3) is 0 Å². The van der Waals surface area contributed by atoms with Gasteiger partial charge in [-0.05, 0) is 15.9 Å². The molecule has 2 rings (SSSR count). The fourth-order valence-electron chi connectivity index (χ4n) is 1.86. The second-order valence-corrected chi connectivity index (χ2v) is 6.31. The van der Waals surface area contributed by atoms with E-state index in [4.69, 9.17) is 34.8 Å². The molecule has 0 unspecified atom stereocenters. The SMILES string of the molecule is Nc1c(Br)c(=O)[nH]c(=O)n1[C@H]1C[C@H](O)[C@@H](C(=O)O)O1.O=P(O)(O)O. The summed E-state index contributed by atoms with van der Waals surface area (Å²) in [4.78, 5) is 57.3. The van der Waals surface area contributed by atoms with Gasteiger partial charge in [-0.2, -0.15) is 0 Å². The van der Waals surface area contributed by atoms with E-state index >= 15 is 0 Å². The van der Waals surface area contributed by atoms with Gasteiger partial charge in [-0.25, -0.2) is 14.2 Å². The fraction of sp³-hybridized carbons (Fsp3) is 0.444. The van der Waals surface area contributed by atoms with Crippen LogP contribution in [0.5, 0.6) is 0 Å². The number of ether oxygens (including phenoxy) is 1. The number of aromatic amines is 1. The first kappa shape index (κ1) is 20.5. The Bertz CT molecular complexity index is 776. The van der Waals surface area contributed by atoms with Crippen LogP contribution in [0.2, 0.25) is 0 Å². The number of aliphatic hydroxyl groups excluding tert-OH is 1. The molecular weight excluding hydrogens is 421 g/mol. The van der Waals surface area contributed by atoms with E-state index in [-0.39, 0.29) is 16.7 Å². The molecule has 1 aliphatic heterocycles. The second kappa shape index (κ2) is 7.57. The van der Waals surface area contributed by atoms with Crippen molar-refractivity contribution in [3.05, 3.63) is 25.3 Å². The van der Waals surface area contributed by atoms with Crippen LogP contribution < -0.4 is 17.0 Å². The van der Waals surface area contributed by atoms with Crippen molar-refractivity contribution >= 4 is 35.5 Å². The predicted molar refractivity (Wildman–Crippen MR) is 79.9 cm³/mol. The summed E-state index contributed by atoms with van der Waals surface area (Å²) in [5.41, 5.74) is 4.08. The zero-order valence-corrected chi connectivity index (χ0v) is 14.0. The van der Waals surface area contributed by atoms with Gasteiger partial charge in [0.2, 0.25) is 0 Å². The third-order valence-corrected chi connectivity index (χ3v) is 3.52. The lowest BCUT2D eigenvalue weighted by Crippen LogP contribution is -2.35. The number of H-pyrrole nitrogens is 1. The summed E-state index contributed by atoms with van der Waals surface area (Å²) in [5.74, 6) is -1.54. The zero-order valence-electron chi connectivity index (χ0n) is 11.6. The van der Waals surface area contributed by atoms with Crippen molar-refractivity contribution in [3.8, 4) is 0 Å². The summed E-state index contributed by atoms with van der Waals surface area (Å²) in [6, 6.07) is 0. The van der Waals surface area contributed by atoms with Crippen molar-refractivity contribution in [2.24, 2.45) is 0 Å². The number of hydrogen-bond donors (Lipinski definition) is 7. The van der Waals surface area contributed by atoms with Crippen LogP contribution in [0.1, 0.15) is 12.6 Å². The van der Waals surface area contributed by atoms with Gasteiger partial charge in [0.1, 0.15) is 16.5 Å². The molecule has 1 aliphatic rings. The quantitative estimate of drug-likeness (QED) is 0.245. The Kier molecular flexibility index (Phi) is 6.46. The molecule has 0 aromatic carbocycles. The Balaban J connectivity index is 0.000000505. The van der Waals surface area contributed by atoms with Gasteiger partial charge in [-0.15, -0.1) is 0 Å². The van der Waals surface area contributed by atoms with Gasteiger partial charge in [0.05, 0.1) is 6.10 Å². The normalized spacial score (nSPS) is 23.5. The highest BCUT2D eigenvalue weighted by molar-refractivity contribution is 9.10. The smallest absolute Gasteiger partial charge is 0.466 e. The zero-order chi connectivity index (χ0) is 18.8. The van der Waals surface area contributed by atoms with Crippen LogP contribution >= 0.6 is 23.8 Å². The highest BCUT2D eigenvalue weighted by Gasteiger charge is 2.40. The van der Waals surface area contributed by atoms with E-state index in [0.29, 0.717) is 0 Å². The minimum atomic E-state index is -4.64. The Morgan fingerprint density at radius 1 is 1.38 bits per heavy atom. The van der Waals surface area contributed by atoms with Crippen LogP contribution in [0.15, 0.2) is 14.1 Å².